The van der Waals surface area contributed by atoms with Crippen LogP contribution in [-0.2, 0) is 9.53 Å². The average molecular weight is 264 g/mol. The lowest BCUT2D eigenvalue weighted by Crippen LogP contribution is -2.21. The number of aromatic nitrogens is 4. The molecule has 0 aliphatic heterocycles. The summed E-state index contributed by atoms with van der Waals surface area (Å²) in [5, 5.41) is 3.82. The molecule has 1 atom stereocenters. The lowest BCUT2D eigenvalue weighted by molar-refractivity contribution is -0.146. The molecule has 2 heterocycles. The fourth-order valence-corrected chi connectivity index (χ4v) is 1.74. The highest BCUT2D eigenvalue weighted by Gasteiger charge is 2.31. The third-order valence-electron chi connectivity index (χ3n) is 2.63. The van der Waals surface area contributed by atoms with Gasteiger partial charge in [0.05, 0.1) is 6.61 Å². The van der Waals surface area contributed by atoms with E-state index in [1.54, 1.807) is 19.3 Å². The van der Waals surface area contributed by atoms with Crippen LogP contribution < -0.4 is 0 Å². The number of imidazole rings is 1. The Bertz CT molecular complexity index is 533. The highest BCUT2D eigenvalue weighted by Crippen LogP contribution is 2.25. The molecule has 1 N–H and O–H groups in total. The van der Waals surface area contributed by atoms with Gasteiger partial charge in [0.25, 0.3) is 0 Å². The fraction of sp³-hybridized carbons (Fsp3) is 0.500. The molecule has 0 aromatic carbocycles. The number of carbonyl (C=O) groups excluding carboxylic acids is 1. The van der Waals surface area contributed by atoms with Crippen LogP contribution >= 0.6 is 0 Å². The zero-order valence-corrected chi connectivity index (χ0v) is 11.1. The predicted molar refractivity (Wildman–Crippen MR) is 66.1 cm³/mol. The summed E-state index contributed by atoms with van der Waals surface area (Å²) >= 11 is 0. The molecule has 7 heteroatoms. The third kappa shape index (κ3) is 2.81. The Morgan fingerprint density at radius 3 is 2.89 bits per heavy atom. The first-order valence-electron chi connectivity index (χ1n) is 6.13. The van der Waals surface area contributed by atoms with Gasteiger partial charge >= 0.3 is 5.97 Å². The summed E-state index contributed by atoms with van der Waals surface area (Å²) in [6, 6.07) is 0. The van der Waals surface area contributed by atoms with Crippen molar-refractivity contribution in [1.82, 2.24) is 20.1 Å². The van der Waals surface area contributed by atoms with Gasteiger partial charge in [-0.3, -0.25) is 4.79 Å². The lowest BCUT2D eigenvalue weighted by atomic mass is 9.96. The van der Waals surface area contributed by atoms with Crippen molar-refractivity contribution in [3.8, 4) is 11.6 Å². The Kier molecular flexibility index (Phi) is 3.94. The number of nitrogens with one attached hydrogen (secondary N) is 1. The molecule has 1 unspecified atom stereocenters. The minimum absolute atomic E-state index is 0.00366. The van der Waals surface area contributed by atoms with Gasteiger partial charge < -0.3 is 14.2 Å². The summed E-state index contributed by atoms with van der Waals surface area (Å²) in [6.45, 7) is 5.88. The lowest BCUT2D eigenvalue weighted by Gasteiger charge is -2.14. The Labute approximate surface area is 110 Å². The quantitative estimate of drug-likeness (QED) is 0.827. The van der Waals surface area contributed by atoms with Crippen LogP contribution in [0.1, 0.15) is 32.6 Å². The van der Waals surface area contributed by atoms with E-state index in [9.17, 15) is 4.79 Å². The van der Waals surface area contributed by atoms with E-state index in [2.05, 4.69) is 20.1 Å². The second-order valence-electron chi connectivity index (χ2n) is 4.37. The third-order valence-corrected chi connectivity index (χ3v) is 2.63. The molecule has 19 heavy (non-hydrogen) atoms. The summed E-state index contributed by atoms with van der Waals surface area (Å²) in [5.41, 5.74) is 0. The summed E-state index contributed by atoms with van der Waals surface area (Å²) in [6.07, 6.45) is 3.26. The van der Waals surface area contributed by atoms with Crippen molar-refractivity contribution in [3.63, 3.8) is 0 Å². The maximum atomic E-state index is 11.9. The molecule has 0 saturated carbocycles. The van der Waals surface area contributed by atoms with Crippen LogP contribution in [0.2, 0.25) is 0 Å². The van der Waals surface area contributed by atoms with Gasteiger partial charge in [0.1, 0.15) is 5.92 Å². The van der Waals surface area contributed by atoms with Crippen LogP contribution in [0.4, 0.5) is 0 Å². The monoisotopic (exact) mass is 264 g/mol. The van der Waals surface area contributed by atoms with Gasteiger partial charge in [-0.05, 0) is 12.8 Å². The molecular formula is C12H16N4O3. The van der Waals surface area contributed by atoms with Crippen molar-refractivity contribution in [2.24, 2.45) is 5.92 Å². The van der Waals surface area contributed by atoms with Crippen LogP contribution in [0, 0.1) is 5.92 Å². The van der Waals surface area contributed by atoms with E-state index < -0.39 is 5.92 Å². The standard InChI is InChI=1S/C12H16N4O3/c1-4-18-12(17)8(7(2)3)11-15-10(16-19-11)9-13-5-6-14-9/h5-8H,4H2,1-3H3,(H,13,14). The molecule has 0 spiro atoms. The Balaban J connectivity index is 2.26. The summed E-state index contributed by atoms with van der Waals surface area (Å²) in [7, 11) is 0. The number of hydrogen-bond donors (Lipinski definition) is 1. The SMILES string of the molecule is CCOC(=O)C(c1nc(-c2ncc[nH]2)no1)C(C)C. The summed E-state index contributed by atoms with van der Waals surface area (Å²) in [4.78, 5) is 23.0. The van der Waals surface area contributed by atoms with Crippen LogP contribution in [0.3, 0.4) is 0 Å². The summed E-state index contributed by atoms with van der Waals surface area (Å²) < 4.78 is 10.2. The van der Waals surface area contributed by atoms with E-state index in [0.717, 1.165) is 0 Å². The average Bonchev–Trinajstić information content (AvgIpc) is 2.98. The minimum atomic E-state index is -0.559. The van der Waals surface area contributed by atoms with Gasteiger partial charge in [0.2, 0.25) is 11.7 Å². The number of carbonyl (C=O) groups is 1. The fourth-order valence-electron chi connectivity index (χ4n) is 1.74. The Morgan fingerprint density at radius 2 is 2.32 bits per heavy atom. The van der Waals surface area contributed by atoms with E-state index in [-0.39, 0.29) is 17.8 Å². The topological polar surface area (TPSA) is 93.9 Å². The number of esters is 1. The maximum absolute atomic E-state index is 11.9. The van der Waals surface area contributed by atoms with E-state index in [1.165, 1.54) is 0 Å². The van der Waals surface area contributed by atoms with Crippen LogP contribution in [0.25, 0.3) is 11.6 Å². The molecule has 0 fully saturated rings. The van der Waals surface area contributed by atoms with E-state index >= 15 is 0 Å². The van der Waals surface area contributed by atoms with Crippen LogP contribution in [0.5, 0.6) is 0 Å². The number of ether oxygens (including phenoxy) is 1. The Hall–Kier alpha value is -2.18. The highest BCUT2D eigenvalue weighted by atomic mass is 16.5. The molecule has 0 amide bonds. The Morgan fingerprint density at radius 1 is 1.53 bits per heavy atom. The smallest absolute Gasteiger partial charge is 0.318 e. The highest BCUT2D eigenvalue weighted by molar-refractivity contribution is 5.77. The van der Waals surface area contributed by atoms with Gasteiger partial charge in [0.15, 0.2) is 5.82 Å². The van der Waals surface area contributed by atoms with E-state index in [0.29, 0.717) is 18.3 Å². The van der Waals surface area contributed by atoms with Crippen molar-refractivity contribution in [2.45, 2.75) is 26.7 Å². The molecule has 0 radical (unpaired) electrons. The molecule has 0 aliphatic carbocycles. The number of nitrogens with zero attached hydrogens (tertiary/aromatic N) is 3. The number of H-pyrrole nitrogens is 1. The number of aromatic amines is 1. The van der Waals surface area contributed by atoms with Crippen molar-refractivity contribution in [2.75, 3.05) is 6.61 Å². The van der Waals surface area contributed by atoms with Gasteiger partial charge in [-0.2, -0.15) is 4.98 Å². The van der Waals surface area contributed by atoms with Crippen molar-refractivity contribution in [3.05, 3.63) is 18.3 Å². The maximum Gasteiger partial charge on any atom is 0.318 e. The van der Waals surface area contributed by atoms with Gasteiger partial charge in [-0.15, -0.1) is 0 Å². The normalized spacial score (nSPS) is 12.6. The first-order valence-corrected chi connectivity index (χ1v) is 6.13. The number of rotatable bonds is 5. The molecular weight excluding hydrogens is 248 g/mol. The summed E-state index contributed by atoms with van der Waals surface area (Å²) in [5.74, 6) is 0.170. The van der Waals surface area contributed by atoms with Crippen molar-refractivity contribution in [1.29, 1.82) is 0 Å². The first kappa shape index (κ1) is 13.3. The molecule has 102 valence electrons. The molecule has 2 aromatic heterocycles. The van der Waals surface area contributed by atoms with Crippen molar-refractivity contribution < 1.29 is 14.1 Å². The van der Waals surface area contributed by atoms with Gasteiger partial charge in [-0.1, -0.05) is 19.0 Å². The largest absolute Gasteiger partial charge is 0.465 e. The molecule has 2 aromatic rings. The second kappa shape index (κ2) is 5.64. The zero-order chi connectivity index (χ0) is 13.8. The second-order valence-corrected chi connectivity index (χ2v) is 4.37. The molecule has 0 saturated heterocycles. The molecule has 7 nitrogen and oxygen atoms in total. The molecule has 0 bridgehead atoms. The van der Waals surface area contributed by atoms with Gasteiger partial charge in [-0.25, -0.2) is 4.98 Å². The molecule has 2 rings (SSSR count). The van der Waals surface area contributed by atoms with E-state index in [4.69, 9.17) is 9.26 Å². The van der Waals surface area contributed by atoms with E-state index in [1.807, 2.05) is 13.8 Å². The molecule has 0 aliphatic rings. The van der Waals surface area contributed by atoms with Crippen LogP contribution in [0.15, 0.2) is 16.9 Å². The zero-order valence-electron chi connectivity index (χ0n) is 11.1. The number of hydrogen-bond acceptors (Lipinski definition) is 6. The predicted octanol–water partition coefficient (Wildman–Crippen LogP) is 1.76. The first-order chi connectivity index (χ1) is 9.13. The van der Waals surface area contributed by atoms with Crippen LogP contribution in [-0.4, -0.2) is 32.7 Å². The van der Waals surface area contributed by atoms with Gasteiger partial charge in [0, 0.05) is 12.4 Å². The minimum Gasteiger partial charge on any atom is -0.465 e. The van der Waals surface area contributed by atoms with Crippen molar-refractivity contribution >= 4 is 5.97 Å².